The average Bonchev–Trinajstić information content (AvgIpc) is 3.33. The first-order chi connectivity index (χ1) is 14.7. The molecule has 7 heteroatoms. The van der Waals surface area contributed by atoms with Gasteiger partial charge >= 0.3 is 0 Å². The van der Waals surface area contributed by atoms with E-state index in [1.54, 1.807) is 11.8 Å². The summed E-state index contributed by atoms with van der Waals surface area (Å²) in [6.45, 7) is 4.54. The van der Waals surface area contributed by atoms with Crippen LogP contribution < -0.4 is 0 Å². The minimum atomic E-state index is 0.692. The summed E-state index contributed by atoms with van der Waals surface area (Å²) in [5.74, 6) is 2.65. The molecule has 4 aromatic rings. The highest BCUT2D eigenvalue weighted by Crippen LogP contribution is 2.40. The fourth-order valence-electron chi connectivity index (χ4n) is 3.90. The van der Waals surface area contributed by atoms with Crippen LogP contribution in [0.3, 0.4) is 0 Å². The van der Waals surface area contributed by atoms with Crippen LogP contribution in [-0.2, 0) is 18.6 Å². The van der Waals surface area contributed by atoms with Crippen LogP contribution in [0.2, 0.25) is 0 Å². The van der Waals surface area contributed by atoms with E-state index in [2.05, 4.69) is 58.8 Å². The van der Waals surface area contributed by atoms with Gasteiger partial charge in [0.05, 0.1) is 5.39 Å². The summed E-state index contributed by atoms with van der Waals surface area (Å²) in [6.07, 6.45) is 6.05. The van der Waals surface area contributed by atoms with Crippen LogP contribution in [0.15, 0.2) is 40.6 Å². The average molecular weight is 455 g/mol. The number of rotatable bonds is 7. The zero-order chi connectivity index (χ0) is 20.5. The van der Waals surface area contributed by atoms with Crippen molar-refractivity contribution in [3.63, 3.8) is 0 Å². The first kappa shape index (κ1) is 20.3. The van der Waals surface area contributed by atoms with Crippen LogP contribution in [0.25, 0.3) is 15.9 Å². The molecule has 0 bridgehead atoms. The van der Waals surface area contributed by atoms with Crippen molar-refractivity contribution in [3.8, 4) is 0 Å². The van der Waals surface area contributed by atoms with Crippen molar-refractivity contribution in [2.75, 3.05) is 5.75 Å². The lowest BCUT2D eigenvalue weighted by molar-refractivity contribution is 0.631. The predicted octanol–water partition coefficient (Wildman–Crippen LogP) is 6.65. The molecule has 0 atom stereocenters. The molecule has 3 heterocycles. The van der Waals surface area contributed by atoms with Crippen molar-refractivity contribution in [1.29, 1.82) is 0 Å². The number of aryl methyl sites for hydroxylation is 2. The number of hydrogen-bond acceptors (Lipinski definition) is 6. The van der Waals surface area contributed by atoms with Gasteiger partial charge in [-0.2, -0.15) is 0 Å². The second-order valence-electron chi connectivity index (χ2n) is 8.23. The van der Waals surface area contributed by atoms with E-state index in [0.717, 1.165) is 38.7 Å². The van der Waals surface area contributed by atoms with E-state index >= 15 is 0 Å². The SMILES string of the molecule is CC(C)CCSc1nnc2c3c4c(sc3nc(SCc3ccccc3)n12)CCCC4. The maximum atomic E-state index is 5.15. The first-order valence-corrected chi connectivity index (χ1v) is 13.5. The molecule has 0 fully saturated rings. The molecule has 3 aromatic heterocycles. The van der Waals surface area contributed by atoms with Crippen LogP contribution in [0.1, 0.15) is 49.1 Å². The van der Waals surface area contributed by atoms with Gasteiger partial charge in [0.2, 0.25) is 0 Å². The highest BCUT2D eigenvalue weighted by atomic mass is 32.2. The third-order valence-corrected chi connectivity index (χ3v) is 8.69. The topological polar surface area (TPSA) is 43.1 Å². The zero-order valence-corrected chi connectivity index (χ0v) is 19.9. The van der Waals surface area contributed by atoms with E-state index in [1.165, 1.54) is 47.1 Å². The van der Waals surface area contributed by atoms with Crippen LogP contribution in [-0.4, -0.2) is 25.3 Å². The standard InChI is InChI=1S/C23H26N4S3/c1-15(2)12-13-28-23-26-25-20-19-17-10-6-7-11-18(17)30-21(19)24-22(27(20)23)29-14-16-8-4-3-5-9-16/h3-5,8-9,15H,6-7,10-14H2,1-2H3. The lowest BCUT2D eigenvalue weighted by atomic mass is 9.97. The lowest BCUT2D eigenvalue weighted by Gasteiger charge is -2.11. The Morgan fingerprint density at radius 1 is 1.03 bits per heavy atom. The normalized spacial score (nSPS) is 14.1. The molecule has 1 aliphatic rings. The number of thiophene rings is 1. The highest BCUT2D eigenvalue weighted by Gasteiger charge is 2.23. The van der Waals surface area contributed by atoms with Crippen molar-refractivity contribution < 1.29 is 0 Å². The lowest BCUT2D eigenvalue weighted by Crippen LogP contribution is -2.01. The Balaban J connectivity index is 1.58. The third-order valence-electron chi connectivity index (χ3n) is 5.54. The Bertz CT molecular complexity index is 1160. The van der Waals surface area contributed by atoms with Gasteiger partial charge in [-0.1, -0.05) is 67.7 Å². The van der Waals surface area contributed by atoms with Gasteiger partial charge in [-0.3, -0.25) is 0 Å². The quantitative estimate of drug-likeness (QED) is 0.231. The first-order valence-electron chi connectivity index (χ1n) is 10.7. The van der Waals surface area contributed by atoms with Crippen molar-refractivity contribution in [3.05, 3.63) is 46.3 Å². The number of aromatic nitrogens is 4. The maximum Gasteiger partial charge on any atom is 0.197 e. The zero-order valence-electron chi connectivity index (χ0n) is 17.4. The Morgan fingerprint density at radius 2 is 1.87 bits per heavy atom. The summed E-state index contributed by atoms with van der Waals surface area (Å²) < 4.78 is 2.22. The van der Waals surface area contributed by atoms with Crippen LogP contribution >= 0.6 is 34.9 Å². The molecular weight excluding hydrogens is 428 g/mol. The smallest absolute Gasteiger partial charge is 0.197 e. The number of nitrogens with zero attached hydrogens (tertiary/aromatic N) is 4. The van der Waals surface area contributed by atoms with Gasteiger partial charge in [-0.05, 0) is 49.1 Å². The number of fused-ring (bicyclic) bond motifs is 5. The van der Waals surface area contributed by atoms with E-state index in [1.807, 2.05) is 23.1 Å². The molecule has 1 aromatic carbocycles. The van der Waals surface area contributed by atoms with Crippen LogP contribution in [0, 0.1) is 5.92 Å². The summed E-state index contributed by atoms with van der Waals surface area (Å²) in [5, 5.41) is 12.5. The summed E-state index contributed by atoms with van der Waals surface area (Å²) in [6, 6.07) is 10.6. The Morgan fingerprint density at radius 3 is 2.70 bits per heavy atom. The van der Waals surface area contributed by atoms with Gasteiger partial charge in [-0.25, -0.2) is 9.38 Å². The van der Waals surface area contributed by atoms with Crippen molar-refractivity contribution >= 4 is 50.7 Å². The van der Waals surface area contributed by atoms with E-state index in [9.17, 15) is 0 Å². The minimum Gasteiger partial charge on any atom is -0.247 e. The molecule has 0 aliphatic heterocycles. The Hall–Kier alpha value is -1.57. The van der Waals surface area contributed by atoms with Crippen molar-refractivity contribution in [1.82, 2.24) is 19.6 Å². The Kier molecular flexibility index (Phi) is 6.03. The molecule has 30 heavy (non-hydrogen) atoms. The molecule has 0 N–H and O–H groups in total. The predicted molar refractivity (Wildman–Crippen MR) is 129 cm³/mol. The van der Waals surface area contributed by atoms with E-state index in [-0.39, 0.29) is 0 Å². The van der Waals surface area contributed by atoms with E-state index in [4.69, 9.17) is 4.98 Å². The van der Waals surface area contributed by atoms with Crippen LogP contribution in [0.4, 0.5) is 0 Å². The number of benzene rings is 1. The fraction of sp³-hybridized carbons (Fsp3) is 0.435. The van der Waals surface area contributed by atoms with E-state index in [0.29, 0.717) is 5.92 Å². The summed E-state index contributed by atoms with van der Waals surface area (Å²) in [4.78, 5) is 7.79. The molecule has 0 spiro atoms. The second kappa shape index (κ2) is 8.89. The minimum absolute atomic E-state index is 0.692. The van der Waals surface area contributed by atoms with E-state index < -0.39 is 0 Å². The van der Waals surface area contributed by atoms with Crippen molar-refractivity contribution in [2.24, 2.45) is 5.92 Å². The monoisotopic (exact) mass is 454 g/mol. The molecule has 0 amide bonds. The van der Waals surface area contributed by atoms with Crippen molar-refractivity contribution in [2.45, 2.75) is 62.0 Å². The highest BCUT2D eigenvalue weighted by molar-refractivity contribution is 7.99. The van der Waals surface area contributed by atoms with Gasteiger partial charge in [0.25, 0.3) is 0 Å². The third kappa shape index (κ3) is 3.99. The molecule has 0 unspecified atom stereocenters. The molecule has 4 nitrogen and oxygen atoms in total. The second-order valence-corrected chi connectivity index (χ2v) is 11.3. The fourth-order valence-corrected chi connectivity index (χ4v) is 7.39. The molecule has 1 aliphatic carbocycles. The van der Waals surface area contributed by atoms with Gasteiger partial charge in [0.15, 0.2) is 16.0 Å². The molecule has 0 saturated heterocycles. The summed E-state index contributed by atoms with van der Waals surface area (Å²) in [7, 11) is 0. The number of thioether (sulfide) groups is 2. The Labute approximate surface area is 189 Å². The molecule has 5 rings (SSSR count). The molecular formula is C23H26N4S3. The largest absolute Gasteiger partial charge is 0.247 e. The van der Waals surface area contributed by atoms with Gasteiger partial charge in [-0.15, -0.1) is 21.5 Å². The maximum absolute atomic E-state index is 5.15. The molecule has 156 valence electrons. The summed E-state index contributed by atoms with van der Waals surface area (Å²) >= 11 is 5.47. The van der Waals surface area contributed by atoms with Gasteiger partial charge < -0.3 is 0 Å². The van der Waals surface area contributed by atoms with Gasteiger partial charge in [0.1, 0.15) is 4.83 Å². The summed E-state index contributed by atoms with van der Waals surface area (Å²) in [5.41, 5.74) is 3.79. The molecule has 0 radical (unpaired) electrons. The number of hydrogen-bond donors (Lipinski definition) is 0. The molecule has 0 saturated carbocycles. The van der Waals surface area contributed by atoms with Gasteiger partial charge in [0, 0.05) is 16.4 Å². The van der Waals surface area contributed by atoms with Crippen LogP contribution in [0.5, 0.6) is 0 Å².